The number of aryl methyl sites for hydroxylation is 1. The Morgan fingerprint density at radius 2 is 1.52 bits per heavy atom. The zero-order valence-electron chi connectivity index (χ0n) is 23.2. The van der Waals surface area contributed by atoms with Gasteiger partial charge in [0, 0.05) is 24.5 Å². The largest absolute Gasteiger partial charge is 0.357 e. The van der Waals surface area contributed by atoms with Crippen molar-refractivity contribution < 1.29 is 22.4 Å². The fourth-order valence-corrected chi connectivity index (χ4v) is 6.39. The Kier molecular flexibility index (Phi) is 10.1. The number of nitrogens with one attached hydrogen (secondary N) is 1. The fourth-order valence-electron chi connectivity index (χ4n) is 4.53. The van der Waals surface area contributed by atoms with Crippen molar-refractivity contribution in [3.05, 3.63) is 130 Å². The van der Waals surface area contributed by atoms with Crippen molar-refractivity contribution in [3.8, 4) is 0 Å². The zero-order chi connectivity index (χ0) is 30.3. The van der Waals surface area contributed by atoms with Gasteiger partial charge in [0.2, 0.25) is 11.8 Å². The summed E-state index contributed by atoms with van der Waals surface area (Å²) in [6.45, 7) is 1.34. The number of nitrogens with zero attached hydrogens (tertiary/aromatic N) is 2. The monoisotopic (exact) mass is 651 g/mol. The Balaban J connectivity index is 1.78. The van der Waals surface area contributed by atoms with Crippen LogP contribution in [0.3, 0.4) is 0 Å². The second-order valence-corrected chi connectivity index (χ2v) is 12.6. The lowest BCUT2D eigenvalue weighted by Gasteiger charge is -2.33. The van der Waals surface area contributed by atoms with Crippen LogP contribution < -0.4 is 9.62 Å². The van der Waals surface area contributed by atoms with Crippen LogP contribution in [0, 0.1) is 12.7 Å². The highest BCUT2D eigenvalue weighted by Crippen LogP contribution is 2.26. The summed E-state index contributed by atoms with van der Waals surface area (Å²) in [4.78, 5) is 28.8. The molecule has 0 aliphatic heterocycles. The van der Waals surface area contributed by atoms with Gasteiger partial charge in [-0.2, -0.15) is 0 Å². The molecule has 0 radical (unpaired) electrons. The third kappa shape index (κ3) is 7.63. The summed E-state index contributed by atoms with van der Waals surface area (Å²) in [5, 5.41) is 2.66. The number of rotatable bonds is 11. The molecule has 2 amide bonds. The van der Waals surface area contributed by atoms with E-state index in [4.69, 9.17) is 0 Å². The lowest BCUT2D eigenvalue weighted by molar-refractivity contribution is -0.139. The first-order valence-corrected chi connectivity index (χ1v) is 15.5. The molecule has 218 valence electrons. The van der Waals surface area contributed by atoms with Gasteiger partial charge in [-0.1, -0.05) is 76.1 Å². The molecule has 0 saturated heterocycles. The van der Waals surface area contributed by atoms with Crippen LogP contribution in [0.1, 0.15) is 16.7 Å². The molecule has 1 unspecified atom stereocenters. The number of halogens is 2. The third-order valence-corrected chi connectivity index (χ3v) is 9.04. The van der Waals surface area contributed by atoms with Crippen molar-refractivity contribution >= 4 is 43.5 Å². The van der Waals surface area contributed by atoms with Gasteiger partial charge in [0.25, 0.3) is 10.0 Å². The predicted molar refractivity (Wildman–Crippen MR) is 165 cm³/mol. The smallest absolute Gasteiger partial charge is 0.264 e. The fraction of sp³-hybridized carbons (Fsp3) is 0.188. The standard InChI is InChI=1S/C32H31BrFN3O4S/c1-23-11-15-28(16-12-23)37(42(40,41)29-17-13-27(34)14-18-29)22-31(38)36(21-25-9-6-10-26(33)19-25)30(32(39)35-2)20-24-7-4-3-5-8-24/h3-19,30H,20-22H2,1-2H3,(H,35,39). The quantitative estimate of drug-likeness (QED) is 0.233. The van der Waals surface area contributed by atoms with Crippen molar-refractivity contribution in [2.75, 3.05) is 17.9 Å². The molecule has 0 aromatic heterocycles. The van der Waals surface area contributed by atoms with Crippen molar-refractivity contribution in [3.63, 3.8) is 0 Å². The molecule has 4 aromatic carbocycles. The van der Waals surface area contributed by atoms with E-state index >= 15 is 0 Å². The predicted octanol–water partition coefficient (Wildman–Crippen LogP) is 5.48. The minimum atomic E-state index is -4.29. The van der Waals surface area contributed by atoms with Crippen LogP contribution >= 0.6 is 15.9 Å². The highest BCUT2D eigenvalue weighted by molar-refractivity contribution is 9.10. The van der Waals surface area contributed by atoms with E-state index in [-0.39, 0.29) is 29.5 Å². The second-order valence-electron chi connectivity index (χ2n) is 9.77. The number of hydrogen-bond acceptors (Lipinski definition) is 4. The van der Waals surface area contributed by atoms with E-state index in [1.165, 1.54) is 24.1 Å². The van der Waals surface area contributed by atoms with Crippen LogP contribution in [-0.2, 0) is 32.6 Å². The average Bonchev–Trinajstić information content (AvgIpc) is 2.98. The van der Waals surface area contributed by atoms with Crippen molar-refractivity contribution in [2.24, 2.45) is 0 Å². The summed E-state index contributed by atoms with van der Waals surface area (Å²) in [6, 6.07) is 26.9. The van der Waals surface area contributed by atoms with Crippen LogP contribution in [0.4, 0.5) is 10.1 Å². The molecule has 4 aromatic rings. The number of sulfonamides is 1. The third-order valence-electron chi connectivity index (χ3n) is 6.76. The van der Waals surface area contributed by atoms with E-state index in [1.54, 1.807) is 24.3 Å². The SMILES string of the molecule is CNC(=O)C(Cc1ccccc1)N(Cc1cccc(Br)c1)C(=O)CN(c1ccc(C)cc1)S(=O)(=O)c1ccc(F)cc1. The first-order valence-electron chi connectivity index (χ1n) is 13.2. The van der Waals surface area contributed by atoms with Gasteiger partial charge < -0.3 is 10.2 Å². The summed E-state index contributed by atoms with van der Waals surface area (Å²) >= 11 is 3.46. The maximum atomic E-state index is 14.2. The van der Waals surface area contributed by atoms with Gasteiger partial charge in [0.1, 0.15) is 18.4 Å². The van der Waals surface area contributed by atoms with E-state index in [2.05, 4.69) is 21.2 Å². The van der Waals surface area contributed by atoms with Crippen molar-refractivity contribution in [1.29, 1.82) is 0 Å². The topological polar surface area (TPSA) is 86.8 Å². The Morgan fingerprint density at radius 3 is 2.14 bits per heavy atom. The highest BCUT2D eigenvalue weighted by atomic mass is 79.9. The minimum absolute atomic E-state index is 0.0571. The number of likely N-dealkylation sites (N-methyl/N-ethyl adjacent to an activating group) is 1. The number of anilines is 1. The van der Waals surface area contributed by atoms with E-state index in [1.807, 2.05) is 61.5 Å². The van der Waals surface area contributed by atoms with Gasteiger partial charge in [-0.15, -0.1) is 0 Å². The number of carbonyl (C=O) groups is 2. The number of amides is 2. The maximum absolute atomic E-state index is 14.2. The minimum Gasteiger partial charge on any atom is -0.357 e. The average molecular weight is 653 g/mol. The van der Waals surface area contributed by atoms with E-state index < -0.39 is 34.3 Å². The number of benzene rings is 4. The van der Waals surface area contributed by atoms with Gasteiger partial charge in [0.15, 0.2) is 0 Å². The van der Waals surface area contributed by atoms with Gasteiger partial charge in [-0.05, 0) is 66.6 Å². The molecule has 0 spiro atoms. The summed E-state index contributed by atoms with van der Waals surface area (Å²) in [6.07, 6.45) is 0.218. The lowest BCUT2D eigenvalue weighted by atomic mass is 10.0. The van der Waals surface area contributed by atoms with Gasteiger partial charge >= 0.3 is 0 Å². The molecule has 0 fully saturated rings. The van der Waals surface area contributed by atoms with Crippen LogP contribution in [0.25, 0.3) is 0 Å². The maximum Gasteiger partial charge on any atom is 0.264 e. The van der Waals surface area contributed by atoms with Crippen molar-refractivity contribution in [1.82, 2.24) is 10.2 Å². The molecule has 4 rings (SSSR count). The van der Waals surface area contributed by atoms with E-state index in [0.717, 1.165) is 37.6 Å². The molecule has 0 aliphatic carbocycles. The van der Waals surface area contributed by atoms with Gasteiger partial charge in [-0.3, -0.25) is 13.9 Å². The highest BCUT2D eigenvalue weighted by Gasteiger charge is 2.34. The summed E-state index contributed by atoms with van der Waals surface area (Å²) in [5.74, 6) is -1.54. The molecule has 10 heteroatoms. The molecular weight excluding hydrogens is 621 g/mol. The Bertz CT molecular complexity index is 1630. The summed E-state index contributed by atoms with van der Waals surface area (Å²) < 4.78 is 43.2. The van der Waals surface area contributed by atoms with Gasteiger partial charge in [-0.25, -0.2) is 12.8 Å². The molecule has 7 nitrogen and oxygen atoms in total. The molecule has 0 saturated carbocycles. The summed E-state index contributed by atoms with van der Waals surface area (Å²) in [7, 11) is -2.79. The molecule has 0 aliphatic rings. The van der Waals surface area contributed by atoms with E-state index in [9.17, 15) is 22.4 Å². The van der Waals surface area contributed by atoms with Crippen LogP contribution in [-0.4, -0.2) is 44.8 Å². The first-order chi connectivity index (χ1) is 20.1. The number of carbonyl (C=O) groups excluding carboxylic acids is 2. The normalized spacial score (nSPS) is 11.9. The lowest BCUT2D eigenvalue weighted by Crippen LogP contribution is -2.53. The van der Waals surface area contributed by atoms with Gasteiger partial charge in [0.05, 0.1) is 10.6 Å². The molecule has 0 heterocycles. The number of hydrogen-bond donors (Lipinski definition) is 1. The van der Waals surface area contributed by atoms with E-state index in [0.29, 0.717) is 0 Å². The second kappa shape index (κ2) is 13.8. The zero-order valence-corrected chi connectivity index (χ0v) is 25.6. The van der Waals surface area contributed by atoms with Crippen molar-refractivity contribution in [2.45, 2.75) is 30.8 Å². The molecule has 0 bridgehead atoms. The summed E-state index contributed by atoms with van der Waals surface area (Å²) in [5.41, 5.74) is 2.76. The Labute approximate surface area is 254 Å². The molecular formula is C32H31BrFN3O4S. The van der Waals surface area contributed by atoms with Crippen LogP contribution in [0.2, 0.25) is 0 Å². The Morgan fingerprint density at radius 1 is 0.881 bits per heavy atom. The molecule has 1 atom stereocenters. The van der Waals surface area contributed by atoms with Crippen LogP contribution in [0.5, 0.6) is 0 Å². The molecule has 42 heavy (non-hydrogen) atoms. The Hall–Kier alpha value is -4.02. The van der Waals surface area contributed by atoms with Crippen LogP contribution in [0.15, 0.2) is 112 Å². The first kappa shape index (κ1) is 30.9. The molecule has 1 N–H and O–H groups in total.